The van der Waals surface area contributed by atoms with E-state index in [1.165, 1.54) is 0 Å². The Kier molecular flexibility index (Phi) is 5.09. The second-order valence-electron chi connectivity index (χ2n) is 6.30. The molecule has 25 heavy (non-hydrogen) atoms. The van der Waals surface area contributed by atoms with Crippen molar-refractivity contribution >= 4 is 11.9 Å². The second-order valence-corrected chi connectivity index (χ2v) is 6.30. The lowest BCUT2D eigenvalue weighted by Gasteiger charge is -2.32. The molecule has 1 fully saturated rings. The fourth-order valence-corrected chi connectivity index (χ4v) is 2.93. The molecule has 0 bridgehead atoms. The molecule has 1 aliphatic heterocycles. The molecule has 1 N–H and O–H groups in total. The van der Waals surface area contributed by atoms with Crippen LogP contribution in [0.1, 0.15) is 15.9 Å². The van der Waals surface area contributed by atoms with E-state index in [4.69, 9.17) is 5.11 Å². The summed E-state index contributed by atoms with van der Waals surface area (Å²) in [5.74, 6) is -0.859. The number of pyridine rings is 1. The van der Waals surface area contributed by atoms with E-state index >= 15 is 0 Å². The third kappa shape index (κ3) is 4.22. The summed E-state index contributed by atoms with van der Waals surface area (Å²) >= 11 is 0. The number of carbonyl (C=O) groups excluding carboxylic acids is 1. The van der Waals surface area contributed by atoms with E-state index in [2.05, 4.69) is 16.9 Å². The van der Waals surface area contributed by atoms with Gasteiger partial charge in [-0.1, -0.05) is 18.2 Å². The van der Waals surface area contributed by atoms with Crippen LogP contribution in [0.2, 0.25) is 0 Å². The van der Waals surface area contributed by atoms with Crippen molar-refractivity contribution in [3.8, 4) is 11.3 Å². The standard InChI is InChI=1S/C19H21N3O3/c1-21-7-9-22(10-8-21)19(25)16-5-6-20-17(13-16)15-4-2-3-14(11-15)12-18(23)24/h2-6,11,13H,7-10,12H2,1H3,(H,23,24). The molecule has 130 valence electrons. The van der Waals surface area contributed by atoms with E-state index in [0.717, 1.165) is 31.7 Å². The van der Waals surface area contributed by atoms with Crippen molar-refractivity contribution in [3.05, 3.63) is 53.7 Å². The Morgan fingerprint density at radius 1 is 1.12 bits per heavy atom. The van der Waals surface area contributed by atoms with Crippen molar-refractivity contribution < 1.29 is 14.7 Å². The monoisotopic (exact) mass is 339 g/mol. The molecule has 6 heteroatoms. The van der Waals surface area contributed by atoms with Crippen molar-refractivity contribution in [2.75, 3.05) is 33.2 Å². The maximum Gasteiger partial charge on any atom is 0.307 e. The lowest BCUT2D eigenvalue weighted by atomic mass is 10.0. The molecular weight excluding hydrogens is 318 g/mol. The average Bonchev–Trinajstić information content (AvgIpc) is 2.61. The number of piperazine rings is 1. The zero-order valence-corrected chi connectivity index (χ0v) is 14.2. The topological polar surface area (TPSA) is 73.7 Å². The van der Waals surface area contributed by atoms with Crippen molar-refractivity contribution in [1.29, 1.82) is 0 Å². The van der Waals surface area contributed by atoms with Gasteiger partial charge in [-0.3, -0.25) is 14.6 Å². The Bertz CT molecular complexity index is 783. The molecule has 1 amide bonds. The highest BCUT2D eigenvalue weighted by molar-refractivity contribution is 5.95. The van der Waals surface area contributed by atoms with Crippen molar-refractivity contribution in [2.45, 2.75) is 6.42 Å². The zero-order chi connectivity index (χ0) is 17.8. The number of aromatic nitrogens is 1. The Labute approximate surface area is 146 Å². The molecule has 0 saturated carbocycles. The molecular formula is C19H21N3O3. The lowest BCUT2D eigenvalue weighted by Crippen LogP contribution is -2.47. The Morgan fingerprint density at radius 2 is 1.88 bits per heavy atom. The molecule has 1 saturated heterocycles. The van der Waals surface area contributed by atoms with Crippen LogP contribution >= 0.6 is 0 Å². The number of benzene rings is 1. The number of carboxylic acids is 1. The van der Waals surface area contributed by atoms with Crippen LogP contribution in [0.25, 0.3) is 11.3 Å². The first-order chi connectivity index (χ1) is 12.0. The van der Waals surface area contributed by atoms with E-state index in [9.17, 15) is 9.59 Å². The van der Waals surface area contributed by atoms with E-state index in [1.807, 2.05) is 17.0 Å². The van der Waals surface area contributed by atoms with Crippen LogP contribution in [-0.2, 0) is 11.2 Å². The van der Waals surface area contributed by atoms with Gasteiger partial charge in [0.05, 0.1) is 12.1 Å². The number of hydrogen-bond acceptors (Lipinski definition) is 4. The summed E-state index contributed by atoms with van der Waals surface area (Å²) < 4.78 is 0. The third-order valence-electron chi connectivity index (χ3n) is 4.38. The number of aliphatic carboxylic acids is 1. The van der Waals surface area contributed by atoms with Gasteiger partial charge in [0.1, 0.15) is 0 Å². The molecule has 2 aromatic rings. The SMILES string of the molecule is CN1CCN(C(=O)c2ccnc(-c3cccc(CC(=O)O)c3)c2)CC1. The van der Waals surface area contributed by atoms with Crippen molar-refractivity contribution in [1.82, 2.24) is 14.8 Å². The summed E-state index contributed by atoms with van der Waals surface area (Å²) in [5, 5.41) is 8.94. The minimum absolute atomic E-state index is 0.0124. The van der Waals surface area contributed by atoms with Crippen molar-refractivity contribution in [2.24, 2.45) is 0 Å². The summed E-state index contributed by atoms with van der Waals surface area (Å²) in [6.45, 7) is 3.20. The van der Waals surface area contributed by atoms with Gasteiger partial charge in [0, 0.05) is 43.5 Å². The van der Waals surface area contributed by atoms with Crippen LogP contribution in [0.5, 0.6) is 0 Å². The van der Waals surface area contributed by atoms with E-state index in [1.54, 1.807) is 30.5 Å². The number of carboxylic acid groups (broad SMARTS) is 1. The van der Waals surface area contributed by atoms with Crippen molar-refractivity contribution in [3.63, 3.8) is 0 Å². The van der Waals surface area contributed by atoms with Gasteiger partial charge in [-0.2, -0.15) is 0 Å². The summed E-state index contributed by atoms with van der Waals surface area (Å²) in [7, 11) is 2.05. The van der Waals surface area contributed by atoms with E-state index < -0.39 is 5.97 Å². The highest BCUT2D eigenvalue weighted by Crippen LogP contribution is 2.20. The molecule has 0 spiro atoms. The summed E-state index contributed by atoms with van der Waals surface area (Å²) in [6, 6.07) is 10.8. The zero-order valence-electron chi connectivity index (χ0n) is 14.2. The summed E-state index contributed by atoms with van der Waals surface area (Å²) in [6.07, 6.45) is 1.59. The first-order valence-electron chi connectivity index (χ1n) is 8.28. The summed E-state index contributed by atoms with van der Waals surface area (Å²) in [5.41, 5.74) is 2.81. The highest BCUT2D eigenvalue weighted by atomic mass is 16.4. The smallest absolute Gasteiger partial charge is 0.307 e. The van der Waals surface area contributed by atoms with E-state index in [0.29, 0.717) is 16.8 Å². The molecule has 6 nitrogen and oxygen atoms in total. The fraction of sp³-hybridized carbons (Fsp3) is 0.316. The largest absolute Gasteiger partial charge is 0.481 e. The summed E-state index contributed by atoms with van der Waals surface area (Å²) in [4.78, 5) is 32.0. The van der Waals surface area contributed by atoms with Gasteiger partial charge >= 0.3 is 5.97 Å². The van der Waals surface area contributed by atoms with Crippen LogP contribution in [0.3, 0.4) is 0 Å². The highest BCUT2D eigenvalue weighted by Gasteiger charge is 2.20. The van der Waals surface area contributed by atoms with E-state index in [-0.39, 0.29) is 12.3 Å². The minimum Gasteiger partial charge on any atom is -0.481 e. The van der Waals surface area contributed by atoms with Crippen LogP contribution in [-0.4, -0.2) is 65.0 Å². The Balaban J connectivity index is 1.82. The lowest BCUT2D eigenvalue weighted by molar-refractivity contribution is -0.136. The number of nitrogens with zero attached hydrogens (tertiary/aromatic N) is 3. The maximum atomic E-state index is 12.7. The van der Waals surface area contributed by atoms with Gasteiger partial charge in [-0.15, -0.1) is 0 Å². The fourth-order valence-electron chi connectivity index (χ4n) is 2.93. The molecule has 0 unspecified atom stereocenters. The van der Waals surface area contributed by atoms with Gasteiger partial charge in [0.15, 0.2) is 0 Å². The van der Waals surface area contributed by atoms with Crippen LogP contribution in [0, 0.1) is 0 Å². The van der Waals surface area contributed by atoms with Crippen LogP contribution < -0.4 is 0 Å². The minimum atomic E-state index is -0.871. The molecule has 1 aliphatic rings. The Hall–Kier alpha value is -2.73. The quantitative estimate of drug-likeness (QED) is 0.919. The molecule has 0 radical (unpaired) electrons. The van der Waals surface area contributed by atoms with Gasteiger partial charge in [-0.25, -0.2) is 0 Å². The first kappa shape index (κ1) is 17.1. The van der Waals surface area contributed by atoms with Crippen LogP contribution in [0.15, 0.2) is 42.6 Å². The third-order valence-corrected chi connectivity index (χ3v) is 4.38. The van der Waals surface area contributed by atoms with Gasteiger partial charge in [-0.05, 0) is 30.8 Å². The van der Waals surface area contributed by atoms with Gasteiger partial charge < -0.3 is 14.9 Å². The number of rotatable bonds is 4. The number of hydrogen-bond donors (Lipinski definition) is 1. The van der Waals surface area contributed by atoms with Crippen LogP contribution in [0.4, 0.5) is 0 Å². The maximum absolute atomic E-state index is 12.7. The van der Waals surface area contributed by atoms with Gasteiger partial charge in [0.2, 0.25) is 0 Å². The van der Waals surface area contributed by atoms with Gasteiger partial charge in [0.25, 0.3) is 5.91 Å². The predicted octanol–water partition coefficient (Wildman–Crippen LogP) is 1.76. The average molecular weight is 339 g/mol. The molecule has 1 aromatic heterocycles. The first-order valence-corrected chi connectivity index (χ1v) is 8.28. The number of likely N-dealkylation sites (N-methyl/N-ethyl adjacent to an activating group) is 1. The number of carbonyl (C=O) groups is 2. The molecule has 2 heterocycles. The Morgan fingerprint density at radius 3 is 2.60 bits per heavy atom. The molecule has 1 aromatic carbocycles. The molecule has 0 atom stereocenters. The predicted molar refractivity (Wildman–Crippen MR) is 94.4 cm³/mol. The normalized spacial score (nSPS) is 15.2. The molecule has 3 rings (SSSR count). The molecule has 0 aliphatic carbocycles. The number of amides is 1. The second kappa shape index (κ2) is 7.44.